The van der Waals surface area contributed by atoms with Crippen LogP contribution in [-0.2, 0) is 11.3 Å². The Hall–Kier alpha value is -1.96. The van der Waals surface area contributed by atoms with E-state index in [1.165, 1.54) is 11.8 Å². The molecule has 0 spiro atoms. The number of nitrogens with zero attached hydrogens (tertiary/aromatic N) is 3. The molecule has 0 atom stereocenters. The van der Waals surface area contributed by atoms with Crippen LogP contribution in [0.25, 0.3) is 11.4 Å². The van der Waals surface area contributed by atoms with Gasteiger partial charge in [0, 0.05) is 22.0 Å². The van der Waals surface area contributed by atoms with Gasteiger partial charge < -0.3 is 9.88 Å². The Kier molecular flexibility index (Phi) is 6.82. The number of thioether (sulfide) groups is 2. The summed E-state index contributed by atoms with van der Waals surface area (Å²) in [4.78, 5) is 13.4. The Morgan fingerprint density at radius 2 is 2.00 bits per heavy atom. The second kappa shape index (κ2) is 9.30. The van der Waals surface area contributed by atoms with E-state index in [2.05, 4.69) is 15.5 Å². The highest BCUT2D eigenvalue weighted by molar-refractivity contribution is 7.99. The van der Waals surface area contributed by atoms with Crippen molar-refractivity contribution in [3.63, 3.8) is 0 Å². The molecule has 0 bridgehead atoms. The van der Waals surface area contributed by atoms with Crippen LogP contribution in [0.2, 0.25) is 5.02 Å². The highest BCUT2D eigenvalue weighted by Gasteiger charge is 2.15. The number of carbonyl (C=O) groups excluding carboxylic acids is 1. The monoisotopic (exact) mass is 418 g/mol. The van der Waals surface area contributed by atoms with Crippen molar-refractivity contribution in [3.05, 3.63) is 53.6 Å². The summed E-state index contributed by atoms with van der Waals surface area (Å²) >= 11 is 9.06. The smallest absolute Gasteiger partial charge is 0.234 e. The van der Waals surface area contributed by atoms with Gasteiger partial charge in [0.25, 0.3) is 0 Å². The molecule has 0 unspecified atom stereocenters. The third kappa shape index (κ3) is 4.86. The van der Waals surface area contributed by atoms with Crippen LogP contribution in [0, 0.1) is 0 Å². The quantitative estimate of drug-likeness (QED) is 0.542. The minimum Gasteiger partial charge on any atom is -0.324 e. The van der Waals surface area contributed by atoms with Crippen LogP contribution in [0.15, 0.2) is 58.6 Å². The van der Waals surface area contributed by atoms with Crippen molar-refractivity contribution in [2.75, 3.05) is 17.3 Å². The number of anilines is 1. The minimum absolute atomic E-state index is 0.0727. The van der Waals surface area contributed by atoms with Gasteiger partial charge in [-0.05, 0) is 37.4 Å². The second-order valence-corrected chi connectivity index (χ2v) is 7.82. The number of hydrogen-bond acceptors (Lipinski definition) is 5. The minimum atomic E-state index is -0.0727. The molecule has 27 heavy (non-hydrogen) atoms. The molecular weight excluding hydrogens is 400 g/mol. The van der Waals surface area contributed by atoms with Crippen LogP contribution in [0.5, 0.6) is 0 Å². The first-order chi connectivity index (χ1) is 13.1. The summed E-state index contributed by atoms with van der Waals surface area (Å²) in [5.74, 6) is 0.934. The number of amides is 1. The zero-order chi connectivity index (χ0) is 19.2. The van der Waals surface area contributed by atoms with Gasteiger partial charge in [-0.3, -0.25) is 4.79 Å². The van der Waals surface area contributed by atoms with Crippen molar-refractivity contribution in [1.29, 1.82) is 0 Å². The number of halogens is 1. The van der Waals surface area contributed by atoms with E-state index in [0.717, 1.165) is 22.0 Å². The van der Waals surface area contributed by atoms with Gasteiger partial charge in [0.15, 0.2) is 11.0 Å². The van der Waals surface area contributed by atoms with Crippen molar-refractivity contribution >= 4 is 46.7 Å². The van der Waals surface area contributed by atoms with Crippen LogP contribution in [0.4, 0.5) is 5.69 Å². The summed E-state index contributed by atoms with van der Waals surface area (Å²) in [6.07, 6.45) is 1.99. The molecule has 0 saturated heterocycles. The number of aromatic nitrogens is 3. The zero-order valence-corrected chi connectivity index (χ0v) is 17.4. The first kappa shape index (κ1) is 19.8. The standard InChI is InChI=1S/C19H19ClN4OS2/c1-3-24-18(13-7-6-8-14(20)11-13)22-23-19(24)27-12-17(25)21-15-9-4-5-10-16(15)26-2/h4-11H,3,12H2,1-2H3,(H,21,25). The van der Waals surface area contributed by atoms with Crippen molar-refractivity contribution in [2.24, 2.45) is 0 Å². The Labute approximate surface area is 171 Å². The molecule has 0 aliphatic heterocycles. The molecule has 1 aromatic heterocycles. The van der Waals surface area contributed by atoms with Crippen LogP contribution in [0.3, 0.4) is 0 Å². The fourth-order valence-electron chi connectivity index (χ4n) is 2.59. The Balaban J connectivity index is 1.70. The highest BCUT2D eigenvalue weighted by atomic mass is 35.5. The lowest BCUT2D eigenvalue weighted by atomic mass is 10.2. The lowest BCUT2D eigenvalue weighted by Gasteiger charge is -2.10. The number of carbonyl (C=O) groups is 1. The Morgan fingerprint density at radius 3 is 2.74 bits per heavy atom. The van der Waals surface area contributed by atoms with E-state index in [1.54, 1.807) is 11.8 Å². The van der Waals surface area contributed by atoms with Gasteiger partial charge in [0.2, 0.25) is 5.91 Å². The molecule has 5 nitrogen and oxygen atoms in total. The summed E-state index contributed by atoms with van der Waals surface area (Å²) in [7, 11) is 0. The van der Waals surface area contributed by atoms with E-state index in [1.807, 2.05) is 66.3 Å². The van der Waals surface area contributed by atoms with E-state index in [9.17, 15) is 4.79 Å². The van der Waals surface area contributed by atoms with E-state index in [-0.39, 0.29) is 11.7 Å². The fraction of sp³-hybridized carbons (Fsp3) is 0.211. The zero-order valence-electron chi connectivity index (χ0n) is 15.0. The number of hydrogen-bond donors (Lipinski definition) is 1. The van der Waals surface area contributed by atoms with E-state index in [4.69, 9.17) is 11.6 Å². The molecule has 2 aromatic carbocycles. The molecule has 0 fully saturated rings. The van der Waals surface area contributed by atoms with Gasteiger partial charge in [-0.25, -0.2) is 0 Å². The van der Waals surface area contributed by atoms with Crippen LogP contribution >= 0.6 is 35.1 Å². The van der Waals surface area contributed by atoms with Gasteiger partial charge in [0.1, 0.15) is 0 Å². The molecule has 1 amide bonds. The summed E-state index contributed by atoms with van der Waals surface area (Å²) in [6, 6.07) is 15.3. The van der Waals surface area contributed by atoms with Crippen molar-refractivity contribution in [3.8, 4) is 11.4 Å². The molecule has 1 heterocycles. The number of nitrogens with one attached hydrogen (secondary N) is 1. The van der Waals surface area contributed by atoms with E-state index in [0.29, 0.717) is 16.7 Å². The normalized spacial score (nSPS) is 10.8. The largest absolute Gasteiger partial charge is 0.324 e. The van der Waals surface area contributed by atoms with Crippen molar-refractivity contribution in [1.82, 2.24) is 14.8 Å². The van der Waals surface area contributed by atoms with Crippen LogP contribution in [0.1, 0.15) is 6.92 Å². The molecule has 8 heteroatoms. The molecule has 3 rings (SSSR count). The molecule has 0 aliphatic carbocycles. The van der Waals surface area contributed by atoms with E-state index >= 15 is 0 Å². The maximum absolute atomic E-state index is 12.4. The third-order valence-corrected chi connectivity index (χ3v) is 5.83. The average Bonchev–Trinajstić information content (AvgIpc) is 3.09. The van der Waals surface area contributed by atoms with Crippen molar-refractivity contribution < 1.29 is 4.79 Å². The molecule has 0 aliphatic rings. The van der Waals surface area contributed by atoms with Gasteiger partial charge >= 0.3 is 0 Å². The van der Waals surface area contributed by atoms with Crippen LogP contribution < -0.4 is 5.32 Å². The predicted octanol–water partition coefficient (Wildman–Crippen LogP) is 5.07. The number of para-hydroxylation sites is 1. The maximum Gasteiger partial charge on any atom is 0.234 e. The second-order valence-electron chi connectivity index (χ2n) is 5.60. The summed E-state index contributed by atoms with van der Waals surface area (Å²) in [6.45, 7) is 2.73. The molecule has 3 aromatic rings. The predicted molar refractivity (Wildman–Crippen MR) is 114 cm³/mol. The lowest BCUT2D eigenvalue weighted by molar-refractivity contribution is -0.113. The van der Waals surface area contributed by atoms with Gasteiger partial charge in [-0.15, -0.1) is 22.0 Å². The number of rotatable bonds is 7. The molecule has 0 radical (unpaired) electrons. The highest BCUT2D eigenvalue weighted by Crippen LogP contribution is 2.27. The number of benzene rings is 2. The first-order valence-electron chi connectivity index (χ1n) is 8.37. The summed E-state index contributed by atoms with van der Waals surface area (Å²) < 4.78 is 1.99. The Morgan fingerprint density at radius 1 is 1.19 bits per heavy atom. The Bertz CT molecular complexity index is 945. The van der Waals surface area contributed by atoms with Gasteiger partial charge in [0.05, 0.1) is 11.4 Å². The topological polar surface area (TPSA) is 59.8 Å². The van der Waals surface area contributed by atoms with Crippen molar-refractivity contribution in [2.45, 2.75) is 23.5 Å². The van der Waals surface area contributed by atoms with Gasteiger partial charge in [-0.2, -0.15) is 0 Å². The molecule has 1 N–H and O–H groups in total. The molecule has 140 valence electrons. The molecular formula is C19H19ClN4OS2. The summed E-state index contributed by atoms with van der Waals surface area (Å²) in [5, 5.41) is 12.9. The van der Waals surface area contributed by atoms with Crippen LogP contribution in [-0.4, -0.2) is 32.7 Å². The SMILES string of the molecule is CCn1c(SCC(=O)Nc2ccccc2SC)nnc1-c1cccc(Cl)c1. The maximum atomic E-state index is 12.4. The molecule has 0 saturated carbocycles. The first-order valence-corrected chi connectivity index (χ1v) is 11.0. The average molecular weight is 419 g/mol. The van der Waals surface area contributed by atoms with E-state index < -0.39 is 0 Å². The summed E-state index contributed by atoms with van der Waals surface area (Å²) in [5.41, 5.74) is 1.73. The fourth-order valence-corrected chi connectivity index (χ4v) is 4.13. The van der Waals surface area contributed by atoms with Gasteiger partial charge in [-0.1, -0.05) is 47.6 Å². The third-order valence-electron chi connectivity index (χ3n) is 3.83. The lowest BCUT2D eigenvalue weighted by Crippen LogP contribution is -2.15.